The van der Waals surface area contributed by atoms with Gasteiger partial charge in [-0.3, -0.25) is 14.2 Å². The number of aromatic nitrogens is 4. The number of nitrogens with one attached hydrogen (secondary N) is 1. The van der Waals surface area contributed by atoms with E-state index >= 15 is 0 Å². The minimum Gasteiger partial charge on any atom is -0.363 e. The van der Waals surface area contributed by atoms with Crippen LogP contribution in [0.3, 0.4) is 0 Å². The summed E-state index contributed by atoms with van der Waals surface area (Å²) in [5, 5.41) is 2.73. The fourth-order valence-corrected chi connectivity index (χ4v) is 2.10. The first kappa shape index (κ1) is 17.6. The number of anilines is 1. The van der Waals surface area contributed by atoms with E-state index in [1.807, 2.05) is 32.0 Å². The van der Waals surface area contributed by atoms with Crippen molar-refractivity contribution in [2.24, 2.45) is 0 Å². The van der Waals surface area contributed by atoms with Gasteiger partial charge in [-0.2, -0.15) is 0 Å². The molecule has 8 nitrogen and oxygen atoms in total. The Morgan fingerprint density at radius 3 is 2.62 bits per heavy atom. The van der Waals surface area contributed by atoms with Crippen molar-refractivity contribution in [2.45, 2.75) is 33.9 Å². The number of carbonyl (C=O) groups excluding carboxylic acids is 1. The molecule has 2 aromatic rings. The maximum absolute atomic E-state index is 12.1. The molecule has 24 heavy (non-hydrogen) atoms. The molecule has 1 amide bonds. The molecule has 0 unspecified atom stereocenters. The van der Waals surface area contributed by atoms with E-state index in [1.165, 1.54) is 10.9 Å². The van der Waals surface area contributed by atoms with Crippen LogP contribution in [0.15, 0.2) is 17.2 Å². The summed E-state index contributed by atoms with van der Waals surface area (Å²) < 4.78 is 1.29. The number of rotatable bonds is 5. The van der Waals surface area contributed by atoms with Crippen LogP contribution in [0.2, 0.25) is 0 Å². The summed E-state index contributed by atoms with van der Waals surface area (Å²) in [5.74, 6) is 1.01. The normalized spacial score (nSPS) is 10.5. The Morgan fingerprint density at radius 2 is 1.96 bits per heavy atom. The van der Waals surface area contributed by atoms with Gasteiger partial charge >= 0.3 is 0 Å². The highest BCUT2D eigenvalue weighted by molar-refractivity contribution is 5.75. The second-order valence-corrected chi connectivity index (χ2v) is 5.84. The molecule has 0 fully saturated rings. The summed E-state index contributed by atoms with van der Waals surface area (Å²) in [4.78, 5) is 38.8. The van der Waals surface area contributed by atoms with E-state index in [1.54, 1.807) is 13.8 Å². The minimum atomic E-state index is -0.293. The van der Waals surface area contributed by atoms with Gasteiger partial charge in [0.25, 0.3) is 5.56 Å². The number of carbonyl (C=O) groups is 1. The van der Waals surface area contributed by atoms with Gasteiger partial charge in [-0.05, 0) is 20.8 Å². The first-order valence-corrected chi connectivity index (χ1v) is 7.59. The fourth-order valence-electron chi connectivity index (χ4n) is 2.10. The molecule has 0 saturated heterocycles. The summed E-state index contributed by atoms with van der Waals surface area (Å²) in [6, 6.07) is 1.87. The molecule has 0 aliphatic rings. The predicted octanol–water partition coefficient (Wildman–Crippen LogP) is 0.341. The molecule has 0 saturated carbocycles. The van der Waals surface area contributed by atoms with Crippen LogP contribution in [-0.2, 0) is 17.9 Å². The van der Waals surface area contributed by atoms with E-state index in [-0.39, 0.29) is 24.6 Å². The van der Waals surface area contributed by atoms with Gasteiger partial charge in [0.05, 0.1) is 12.9 Å². The zero-order chi connectivity index (χ0) is 17.9. The third-order valence-electron chi connectivity index (χ3n) is 3.62. The highest BCUT2D eigenvalue weighted by Crippen LogP contribution is 2.08. The maximum Gasteiger partial charge on any atom is 0.256 e. The molecular weight excluding hydrogens is 308 g/mol. The topological polar surface area (TPSA) is 93.0 Å². The number of nitrogens with zero attached hydrogens (tertiary/aromatic N) is 5. The molecule has 0 bridgehead atoms. The highest BCUT2D eigenvalue weighted by Gasteiger charge is 2.10. The van der Waals surface area contributed by atoms with Crippen molar-refractivity contribution in [3.05, 3.63) is 45.5 Å². The van der Waals surface area contributed by atoms with Crippen LogP contribution in [0.4, 0.5) is 5.82 Å². The first-order chi connectivity index (χ1) is 11.3. The molecular formula is C16H22N6O2. The van der Waals surface area contributed by atoms with Crippen molar-refractivity contribution >= 4 is 11.7 Å². The van der Waals surface area contributed by atoms with Crippen LogP contribution < -0.4 is 15.8 Å². The first-order valence-electron chi connectivity index (χ1n) is 7.59. The lowest BCUT2D eigenvalue weighted by Crippen LogP contribution is -2.33. The molecule has 0 radical (unpaired) electrons. The monoisotopic (exact) mass is 330 g/mol. The standard InChI is InChI=1S/C16H22N6O2/c1-10-6-14(21(4)5)20-13(19-10)7-17-15(23)8-22-9-18-12(3)11(2)16(22)24/h6,9H,7-8H2,1-5H3,(H,17,23). The van der Waals surface area contributed by atoms with Crippen molar-refractivity contribution in [3.63, 3.8) is 0 Å². The smallest absolute Gasteiger partial charge is 0.256 e. The summed E-state index contributed by atoms with van der Waals surface area (Å²) in [6.07, 6.45) is 1.39. The molecule has 2 aromatic heterocycles. The maximum atomic E-state index is 12.1. The van der Waals surface area contributed by atoms with Crippen LogP contribution in [0.5, 0.6) is 0 Å². The minimum absolute atomic E-state index is 0.0840. The second-order valence-electron chi connectivity index (χ2n) is 5.84. The van der Waals surface area contributed by atoms with Gasteiger partial charge in [-0.25, -0.2) is 15.0 Å². The average molecular weight is 330 g/mol. The van der Waals surface area contributed by atoms with Crippen LogP contribution in [0, 0.1) is 20.8 Å². The molecule has 2 heterocycles. The molecule has 0 spiro atoms. The highest BCUT2D eigenvalue weighted by atomic mass is 16.2. The quantitative estimate of drug-likeness (QED) is 0.850. The Labute approximate surface area is 140 Å². The van der Waals surface area contributed by atoms with E-state index in [4.69, 9.17) is 0 Å². The summed E-state index contributed by atoms with van der Waals surface area (Å²) >= 11 is 0. The summed E-state index contributed by atoms with van der Waals surface area (Å²) in [5.41, 5.74) is 1.83. The Balaban J connectivity index is 2.04. The molecule has 0 atom stereocenters. The van der Waals surface area contributed by atoms with Gasteiger partial charge in [0.15, 0.2) is 0 Å². The van der Waals surface area contributed by atoms with Gasteiger partial charge in [0.2, 0.25) is 5.91 Å². The van der Waals surface area contributed by atoms with Crippen LogP contribution in [0.25, 0.3) is 0 Å². The lowest BCUT2D eigenvalue weighted by atomic mass is 10.3. The Bertz CT molecular complexity index is 813. The fraction of sp³-hybridized carbons (Fsp3) is 0.438. The van der Waals surface area contributed by atoms with Crippen molar-refractivity contribution in [1.82, 2.24) is 24.8 Å². The second kappa shape index (κ2) is 7.20. The SMILES string of the molecule is Cc1cc(N(C)C)nc(CNC(=O)Cn2cnc(C)c(C)c2=O)n1. The Kier molecular flexibility index (Phi) is 5.28. The van der Waals surface area contributed by atoms with Crippen molar-refractivity contribution < 1.29 is 4.79 Å². The average Bonchev–Trinajstić information content (AvgIpc) is 2.53. The van der Waals surface area contributed by atoms with E-state index in [0.29, 0.717) is 17.1 Å². The number of amides is 1. The lowest BCUT2D eigenvalue weighted by molar-refractivity contribution is -0.121. The molecule has 8 heteroatoms. The van der Waals surface area contributed by atoms with Gasteiger partial charge in [-0.15, -0.1) is 0 Å². The zero-order valence-electron chi connectivity index (χ0n) is 14.6. The van der Waals surface area contributed by atoms with E-state index in [9.17, 15) is 9.59 Å². The van der Waals surface area contributed by atoms with Gasteiger partial charge in [0.1, 0.15) is 18.2 Å². The zero-order valence-corrected chi connectivity index (χ0v) is 14.6. The van der Waals surface area contributed by atoms with E-state index in [2.05, 4.69) is 20.3 Å². The van der Waals surface area contributed by atoms with Crippen molar-refractivity contribution in [1.29, 1.82) is 0 Å². The molecule has 1 N–H and O–H groups in total. The molecule has 2 rings (SSSR count). The van der Waals surface area contributed by atoms with Crippen molar-refractivity contribution in [3.8, 4) is 0 Å². The Morgan fingerprint density at radius 1 is 1.25 bits per heavy atom. The third-order valence-corrected chi connectivity index (χ3v) is 3.62. The molecule has 0 aromatic carbocycles. The van der Waals surface area contributed by atoms with Gasteiger partial charge < -0.3 is 10.2 Å². The number of aryl methyl sites for hydroxylation is 2. The molecule has 0 aliphatic carbocycles. The Hall–Kier alpha value is -2.77. The largest absolute Gasteiger partial charge is 0.363 e. The summed E-state index contributed by atoms with van der Waals surface area (Å²) in [6.45, 7) is 5.45. The third kappa shape index (κ3) is 4.15. The van der Waals surface area contributed by atoms with Crippen molar-refractivity contribution in [2.75, 3.05) is 19.0 Å². The van der Waals surface area contributed by atoms with E-state index < -0.39 is 0 Å². The molecule has 0 aliphatic heterocycles. The van der Waals surface area contributed by atoms with Gasteiger partial charge in [-0.1, -0.05) is 0 Å². The van der Waals surface area contributed by atoms with Crippen LogP contribution in [0.1, 0.15) is 22.8 Å². The summed E-state index contributed by atoms with van der Waals surface area (Å²) in [7, 11) is 3.78. The van der Waals surface area contributed by atoms with Gasteiger partial charge in [0, 0.05) is 37.1 Å². The lowest BCUT2D eigenvalue weighted by Gasteiger charge is -2.13. The van der Waals surface area contributed by atoms with Crippen LogP contribution >= 0.6 is 0 Å². The van der Waals surface area contributed by atoms with E-state index in [0.717, 1.165) is 11.5 Å². The number of hydrogen-bond donors (Lipinski definition) is 1. The number of hydrogen-bond acceptors (Lipinski definition) is 6. The predicted molar refractivity (Wildman–Crippen MR) is 90.9 cm³/mol. The van der Waals surface area contributed by atoms with Crippen LogP contribution in [-0.4, -0.2) is 39.5 Å². The molecule has 128 valence electrons.